The van der Waals surface area contributed by atoms with E-state index in [0.717, 1.165) is 12.1 Å². The van der Waals surface area contributed by atoms with Gasteiger partial charge in [-0.05, 0) is 42.7 Å². The van der Waals surface area contributed by atoms with E-state index in [0.29, 0.717) is 41.7 Å². The van der Waals surface area contributed by atoms with E-state index >= 15 is 0 Å². The van der Waals surface area contributed by atoms with Crippen LogP contribution >= 0.6 is 0 Å². The number of hydrogen-bond donors (Lipinski definition) is 0. The number of ether oxygens (including phenoxy) is 2. The van der Waals surface area contributed by atoms with Crippen LogP contribution in [-0.4, -0.2) is 36.8 Å². The summed E-state index contributed by atoms with van der Waals surface area (Å²) in [6, 6.07) is 13.7. The molecular weight excluding hydrogens is 394 g/mol. The van der Waals surface area contributed by atoms with E-state index in [2.05, 4.69) is 29.2 Å². The molecule has 1 saturated heterocycles. The highest BCUT2D eigenvalue weighted by molar-refractivity contribution is 5.96. The largest absolute Gasteiger partial charge is 0.497 e. The van der Waals surface area contributed by atoms with Gasteiger partial charge in [-0.25, -0.2) is 0 Å². The number of carbonyl (C=O) groups excluding carboxylic acids is 1. The molecule has 0 N–H and O–H groups in total. The Kier molecular flexibility index (Phi) is 6.21. The molecule has 0 spiro atoms. The molecule has 1 fully saturated rings. The topological polar surface area (TPSA) is 77.7 Å². The maximum Gasteiger partial charge on any atom is 0.261 e. The van der Waals surface area contributed by atoms with E-state index < -0.39 is 0 Å². The molecular formula is C24H27N3O4. The number of benzene rings is 2. The lowest BCUT2D eigenvalue weighted by Gasteiger charge is -2.16. The predicted molar refractivity (Wildman–Crippen MR) is 118 cm³/mol. The summed E-state index contributed by atoms with van der Waals surface area (Å²) in [6.07, 6.45) is 3.76. The zero-order chi connectivity index (χ0) is 21.8. The van der Waals surface area contributed by atoms with Crippen LogP contribution in [-0.2, 0) is 11.2 Å². The summed E-state index contributed by atoms with van der Waals surface area (Å²) in [5.74, 6) is 2.11. The van der Waals surface area contributed by atoms with Crippen molar-refractivity contribution < 1.29 is 18.8 Å². The summed E-state index contributed by atoms with van der Waals surface area (Å²) in [6.45, 7) is 2.72. The molecule has 7 nitrogen and oxygen atoms in total. The van der Waals surface area contributed by atoms with Gasteiger partial charge in [-0.3, -0.25) is 4.79 Å². The minimum Gasteiger partial charge on any atom is -0.497 e. The van der Waals surface area contributed by atoms with Gasteiger partial charge in [0.25, 0.3) is 5.89 Å². The minimum atomic E-state index is -0.117. The Hall–Kier alpha value is -3.35. The van der Waals surface area contributed by atoms with Gasteiger partial charge in [-0.1, -0.05) is 30.6 Å². The smallest absolute Gasteiger partial charge is 0.261 e. The summed E-state index contributed by atoms with van der Waals surface area (Å²) in [5.41, 5.74) is 2.89. The van der Waals surface area contributed by atoms with Gasteiger partial charge in [0.1, 0.15) is 11.5 Å². The first kappa shape index (κ1) is 20.9. The van der Waals surface area contributed by atoms with Crippen molar-refractivity contribution in [3.8, 4) is 23.0 Å². The Bertz CT molecular complexity index is 1050. The Balaban J connectivity index is 1.50. The molecule has 4 rings (SSSR count). The number of nitrogens with zero attached hydrogens (tertiary/aromatic N) is 3. The Labute approximate surface area is 182 Å². The maximum atomic E-state index is 12.7. The monoisotopic (exact) mass is 421 g/mol. The zero-order valence-electron chi connectivity index (χ0n) is 18.1. The number of unbranched alkanes of at least 4 members (excludes halogenated alkanes) is 1. The van der Waals surface area contributed by atoms with E-state index in [1.165, 1.54) is 18.4 Å². The number of anilines is 1. The van der Waals surface area contributed by atoms with Crippen molar-refractivity contribution in [2.45, 2.75) is 38.5 Å². The third-order valence-corrected chi connectivity index (χ3v) is 5.64. The number of hydrogen-bond acceptors (Lipinski definition) is 6. The van der Waals surface area contributed by atoms with Crippen LogP contribution in [0.3, 0.4) is 0 Å². The highest BCUT2D eigenvalue weighted by atomic mass is 16.5. The first-order valence-electron chi connectivity index (χ1n) is 10.6. The maximum absolute atomic E-state index is 12.7. The lowest BCUT2D eigenvalue weighted by atomic mass is 10.1. The van der Waals surface area contributed by atoms with E-state index in [4.69, 9.17) is 14.0 Å². The quantitative estimate of drug-likeness (QED) is 0.528. The molecule has 0 aliphatic carbocycles. The van der Waals surface area contributed by atoms with E-state index in [1.54, 1.807) is 25.2 Å². The zero-order valence-corrected chi connectivity index (χ0v) is 18.1. The molecule has 7 heteroatoms. The molecule has 1 atom stereocenters. The van der Waals surface area contributed by atoms with Crippen LogP contribution in [0.2, 0.25) is 0 Å². The highest BCUT2D eigenvalue weighted by Gasteiger charge is 2.34. The number of rotatable bonds is 8. The van der Waals surface area contributed by atoms with E-state index in [-0.39, 0.29) is 11.8 Å². The molecule has 2 heterocycles. The van der Waals surface area contributed by atoms with Crippen LogP contribution in [0.4, 0.5) is 5.69 Å². The van der Waals surface area contributed by atoms with Crippen LogP contribution in [0.1, 0.15) is 43.5 Å². The van der Waals surface area contributed by atoms with Gasteiger partial charge in [-0.2, -0.15) is 4.98 Å². The van der Waals surface area contributed by atoms with E-state index in [9.17, 15) is 4.79 Å². The normalized spacial score (nSPS) is 16.0. The molecule has 162 valence electrons. The number of aryl methyl sites for hydroxylation is 1. The summed E-state index contributed by atoms with van der Waals surface area (Å²) in [5, 5.41) is 4.15. The Morgan fingerprint density at radius 3 is 2.65 bits per heavy atom. The Morgan fingerprint density at radius 2 is 1.94 bits per heavy atom. The van der Waals surface area contributed by atoms with Gasteiger partial charge in [-0.15, -0.1) is 0 Å². The van der Waals surface area contributed by atoms with Gasteiger partial charge in [0.2, 0.25) is 5.91 Å². The molecule has 1 aliphatic heterocycles. The summed E-state index contributed by atoms with van der Waals surface area (Å²) >= 11 is 0. The second kappa shape index (κ2) is 9.20. The van der Waals surface area contributed by atoms with Crippen LogP contribution < -0.4 is 14.4 Å². The van der Waals surface area contributed by atoms with Crippen LogP contribution in [0, 0.1) is 0 Å². The number of carbonyl (C=O) groups is 1. The summed E-state index contributed by atoms with van der Waals surface area (Å²) < 4.78 is 16.2. The van der Waals surface area contributed by atoms with Crippen molar-refractivity contribution in [2.24, 2.45) is 0 Å². The average molecular weight is 421 g/mol. The van der Waals surface area contributed by atoms with Crippen molar-refractivity contribution in [2.75, 3.05) is 25.7 Å². The average Bonchev–Trinajstić information content (AvgIpc) is 3.44. The van der Waals surface area contributed by atoms with Gasteiger partial charge in [0.05, 0.1) is 19.8 Å². The van der Waals surface area contributed by atoms with Gasteiger partial charge < -0.3 is 18.9 Å². The third kappa shape index (κ3) is 4.40. The SMILES string of the molecule is CCCCc1ccc(N2CC(c3noc(-c4ccc(OC)cc4OC)n3)CC2=O)cc1. The molecule has 0 radical (unpaired) electrons. The van der Waals surface area contributed by atoms with Crippen molar-refractivity contribution in [3.63, 3.8) is 0 Å². The molecule has 31 heavy (non-hydrogen) atoms. The molecule has 2 aromatic carbocycles. The molecule has 1 aromatic heterocycles. The molecule has 3 aromatic rings. The molecule has 0 saturated carbocycles. The minimum absolute atomic E-state index is 0.0692. The first-order chi connectivity index (χ1) is 15.1. The van der Waals surface area contributed by atoms with Crippen LogP contribution in [0.15, 0.2) is 47.0 Å². The molecule has 1 unspecified atom stereocenters. The summed E-state index contributed by atoms with van der Waals surface area (Å²) in [7, 11) is 3.18. The Morgan fingerprint density at radius 1 is 1.13 bits per heavy atom. The van der Waals surface area contributed by atoms with Gasteiger partial charge in [0.15, 0.2) is 5.82 Å². The number of aromatic nitrogens is 2. The fraction of sp³-hybridized carbons (Fsp3) is 0.375. The second-order valence-corrected chi connectivity index (χ2v) is 7.70. The molecule has 0 bridgehead atoms. The number of amides is 1. The molecule has 1 aliphatic rings. The predicted octanol–water partition coefficient (Wildman–Crippen LogP) is 4.62. The fourth-order valence-electron chi connectivity index (χ4n) is 3.84. The highest BCUT2D eigenvalue weighted by Crippen LogP contribution is 2.35. The first-order valence-corrected chi connectivity index (χ1v) is 10.6. The van der Waals surface area contributed by atoms with Crippen molar-refractivity contribution in [3.05, 3.63) is 53.9 Å². The van der Waals surface area contributed by atoms with Crippen molar-refractivity contribution in [1.82, 2.24) is 10.1 Å². The summed E-state index contributed by atoms with van der Waals surface area (Å²) in [4.78, 5) is 19.0. The standard InChI is InChI=1S/C24H27N3O4/c1-4-5-6-16-7-9-18(10-8-16)27-15-17(13-22(27)28)23-25-24(31-26-23)20-12-11-19(29-2)14-21(20)30-3/h7-12,14,17H,4-6,13,15H2,1-3H3. The van der Waals surface area contributed by atoms with Gasteiger partial charge in [0, 0.05) is 30.6 Å². The fourth-order valence-corrected chi connectivity index (χ4v) is 3.84. The lowest BCUT2D eigenvalue weighted by Crippen LogP contribution is -2.24. The van der Waals surface area contributed by atoms with Crippen LogP contribution in [0.5, 0.6) is 11.5 Å². The van der Waals surface area contributed by atoms with Crippen molar-refractivity contribution in [1.29, 1.82) is 0 Å². The second-order valence-electron chi connectivity index (χ2n) is 7.70. The molecule has 1 amide bonds. The van der Waals surface area contributed by atoms with Crippen molar-refractivity contribution >= 4 is 11.6 Å². The third-order valence-electron chi connectivity index (χ3n) is 5.64. The van der Waals surface area contributed by atoms with Crippen LogP contribution in [0.25, 0.3) is 11.5 Å². The number of methoxy groups -OCH3 is 2. The van der Waals surface area contributed by atoms with Gasteiger partial charge >= 0.3 is 0 Å². The van der Waals surface area contributed by atoms with E-state index in [1.807, 2.05) is 24.3 Å². The lowest BCUT2D eigenvalue weighted by molar-refractivity contribution is -0.117.